The van der Waals surface area contributed by atoms with Gasteiger partial charge in [-0.2, -0.15) is 0 Å². The average Bonchev–Trinajstić information content (AvgIpc) is 3.04. The van der Waals surface area contributed by atoms with Crippen molar-refractivity contribution in [3.63, 3.8) is 0 Å². The summed E-state index contributed by atoms with van der Waals surface area (Å²) < 4.78 is 30.9. The Hall–Kier alpha value is -2.45. The van der Waals surface area contributed by atoms with E-state index < -0.39 is 10.0 Å². The molecule has 0 saturated carbocycles. The molecule has 0 aliphatic rings. The van der Waals surface area contributed by atoms with Gasteiger partial charge >= 0.3 is 4.87 Å². The molecular formula is C23H21ClN2O3S2. The van der Waals surface area contributed by atoms with Crippen molar-refractivity contribution in [1.29, 1.82) is 0 Å². The highest BCUT2D eigenvalue weighted by molar-refractivity contribution is 7.89. The zero-order chi connectivity index (χ0) is 22.2. The average molecular weight is 473 g/mol. The molecule has 1 atom stereocenters. The number of aryl methyl sites for hydroxylation is 1. The number of thiazole rings is 1. The number of rotatable bonds is 6. The summed E-state index contributed by atoms with van der Waals surface area (Å²) in [6.07, 6.45) is 0. The second-order valence-corrected chi connectivity index (χ2v) is 10.6. The van der Waals surface area contributed by atoms with Gasteiger partial charge in [0, 0.05) is 11.1 Å². The van der Waals surface area contributed by atoms with Crippen LogP contribution in [0.25, 0.3) is 10.2 Å². The van der Waals surface area contributed by atoms with Gasteiger partial charge in [-0.25, -0.2) is 13.1 Å². The van der Waals surface area contributed by atoms with Gasteiger partial charge in [0.05, 0.1) is 21.7 Å². The number of aromatic nitrogens is 1. The van der Waals surface area contributed by atoms with Gasteiger partial charge in [-0.05, 0) is 55.3 Å². The maximum absolute atomic E-state index is 12.9. The van der Waals surface area contributed by atoms with Crippen LogP contribution >= 0.6 is 22.9 Å². The van der Waals surface area contributed by atoms with E-state index in [1.807, 2.05) is 50.2 Å². The summed E-state index contributed by atoms with van der Waals surface area (Å²) in [5.41, 5.74) is 3.64. The first-order chi connectivity index (χ1) is 14.7. The van der Waals surface area contributed by atoms with Crippen LogP contribution in [0, 0.1) is 6.92 Å². The van der Waals surface area contributed by atoms with Gasteiger partial charge in [-0.3, -0.25) is 9.36 Å². The van der Waals surface area contributed by atoms with Gasteiger partial charge in [0.1, 0.15) is 0 Å². The maximum Gasteiger partial charge on any atom is 0.308 e. The Labute approximate surface area is 190 Å². The molecule has 0 fully saturated rings. The highest BCUT2D eigenvalue weighted by Crippen LogP contribution is 2.24. The summed E-state index contributed by atoms with van der Waals surface area (Å²) in [7, 11) is -3.75. The zero-order valence-electron chi connectivity index (χ0n) is 17.0. The molecule has 0 aliphatic heterocycles. The molecule has 4 aromatic rings. The Morgan fingerprint density at radius 2 is 1.71 bits per heavy atom. The van der Waals surface area contributed by atoms with E-state index in [0.717, 1.165) is 28.0 Å². The number of halogens is 1. The van der Waals surface area contributed by atoms with Crippen molar-refractivity contribution in [2.45, 2.75) is 31.3 Å². The van der Waals surface area contributed by atoms with Gasteiger partial charge in [0.15, 0.2) is 0 Å². The number of fused-ring (bicyclic) bond motifs is 1. The quantitative estimate of drug-likeness (QED) is 0.424. The highest BCUT2D eigenvalue weighted by atomic mass is 35.5. The standard InChI is InChI=1S/C23H21ClN2O3S2/c1-15-3-7-18(8-4-15)16(2)25-31(28,29)20-11-12-21-22(13-20)30-23(27)26(21)14-17-5-9-19(24)10-6-17/h3-13,16,25H,14H2,1-2H3/t16-/m1/s1. The van der Waals surface area contributed by atoms with Crippen molar-refractivity contribution >= 4 is 43.2 Å². The van der Waals surface area contributed by atoms with Crippen LogP contribution in [0.15, 0.2) is 76.4 Å². The lowest BCUT2D eigenvalue weighted by Gasteiger charge is -2.15. The zero-order valence-corrected chi connectivity index (χ0v) is 19.4. The molecule has 0 amide bonds. The first-order valence-electron chi connectivity index (χ1n) is 9.70. The number of sulfonamides is 1. The van der Waals surface area contributed by atoms with E-state index in [4.69, 9.17) is 11.6 Å². The minimum absolute atomic E-state index is 0.138. The molecule has 1 heterocycles. The Balaban J connectivity index is 1.62. The Morgan fingerprint density at radius 1 is 1.03 bits per heavy atom. The molecule has 0 aliphatic carbocycles. The Bertz CT molecular complexity index is 1390. The number of nitrogens with zero attached hydrogens (tertiary/aromatic N) is 1. The first-order valence-corrected chi connectivity index (χ1v) is 12.4. The minimum atomic E-state index is -3.75. The predicted octanol–water partition coefficient (Wildman–Crippen LogP) is 5.11. The van der Waals surface area contributed by atoms with Crippen molar-refractivity contribution in [3.8, 4) is 0 Å². The van der Waals surface area contributed by atoms with Gasteiger partial charge in [0.2, 0.25) is 10.0 Å². The minimum Gasteiger partial charge on any atom is -0.294 e. The van der Waals surface area contributed by atoms with Crippen LogP contribution in [0.4, 0.5) is 0 Å². The summed E-state index contributed by atoms with van der Waals surface area (Å²) in [5.74, 6) is 0. The fourth-order valence-corrected chi connectivity index (χ4v) is 5.75. The molecule has 5 nitrogen and oxygen atoms in total. The van der Waals surface area contributed by atoms with Crippen LogP contribution in [0.3, 0.4) is 0 Å². The third-order valence-electron chi connectivity index (χ3n) is 5.11. The fourth-order valence-electron chi connectivity index (χ4n) is 3.36. The molecule has 0 unspecified atom stereocenters. The molecule has 8 heteroatoms. The van der Waals surface area contributed by atoms with E-state index in [9.17, 15) is 13.2 Å². The third-order valence-corrected chi connectivity index (χ3v) is 7.85. The van der Waals surface area contributed by atoms with E-state index in [2.05, 4.69) is 4.72 Å². The van der Waals surface area contributed by atoms with E-state index >= 15 is 0 Å². The topological polar surface area (TPSA) is 68.2 Å². The molecule has 160 valence electrons. The molecule has 0 bridgehead atoms. The monoisotopic (exact) mass is 472 g/mol. The second-order valence-electron chi connectivity index (χ2n) is 7.46. The van der Waals surface area contributed by atoms with Crippen molar-refractivity contribution < 1.29 is 8.42 Å². The predicted molar refractivity (Wildman–Crippen MR) is 127 cm³/mol. The van der Waals surface area contributed by atoms with Crippen LogP contribution in [0.1, 0.15) is 29.7 Å². The maximum atomic E-state index is 12.9. The smallest absolute Gasteiger partial charge is 0.294 e. The van der Waals surface area contributed by atoms with E-state index in [1.54, 1.807) is 28.8 Å². The SMILES string of the molecule is Cc1ccc([C@@H](C)NS(=O)(=O)c2ccc3c(c2)sc(=O)n3Cc2ccc(Cl)cc2)cc1. The van der Waals surface area contributed by atoms with Crippen molar-refractivity contribution in [2.75, 3.05) is 0 Å². The summed E-state index contributed by atoms with van der Waals surface area (Å²) >= 11 is 6.97. The molecular weight excluding hydrogens is 452 g/mol. The van der Waals surface area contributed by atoms with Crippen LogP contribution < -0.4 is 9.60 Å². The Morgan fingerprint density at radius 3 is 2.39 bits per heavy atom. The summed E-state index contributed by atoms with van der Waals surface area (Å²) in [4.78, 5) is 12.6. The van der Waals surface area contributed by atoms with Gasteiger partial charge in [-0.1, -0.05) is 64.9 Å². The summed E-state index contributed by atoms with van der Waals surface area (Å²) in [6.45, 7) is 4.19. The van der Waals surface area contributed by atoms with Gasteiger partial charge in [0.25, 0.3) is 0 Å². The van der Waals surface area contributed by atoms with Crippen LogP contribution in [-0.4, -0.2) is 13.0 Å². The summed E-state index contributed by atoms with van der Waals surface area (Å²) in [5, 5.41) is 0.633. The lowest BCUT2D eigenvalue weighted by Crippen LogP contribution is -2.26. The van der Waals surface area contributed by atoms with Crippen molar-refractivity contribution in [1.82, 2.24) is 9.29 Å². The van der Waals surface area contributed by atoms with E-state index in [1.165, 1.54) is 6.07 Å². The van der Waals surface area contributed by atoms with E-state index in [0.29, 0.717) is 21.8 Å². The molecule has 0 spiro atoms. The first kappa shape index (κ1) is 21.8. The van der Waals surface area contributed by atoms with Crippen LogP contribution in [0.5, 0.6) is 0 Å². The molecule has 1 N–H and O–H groups in total. The number of benzene rings is 3. The van der Waals surface area contributed by atoms with Crippen LogP contribution in [-0.2, 0) is 16.6 Å². The van der Waals surface area contributed by atoms with Gasteiger partial charge < -0.3 is 0 Å². The van der Waals surface area contributed by atoms with E-state index in [-0.39, 0.29) is 15.8 Å². The number of hydrogen-bond donors (Lipinski definition) is 1. The highest BCUT2D eigenvalue weighted by Gasteiger charge is 2.20. The van der Waals surface area contributed by atoms with Crippen LogP contribution in [0.2, 0.25) is 5.02 Å². The number of nitrogens with one attached hydrogen (secondary N) is 1. The second kappa shape index (κ2) is 8.59. The lowest BCUT2D eigenvalue weighted by atomic mass is 10.1. The summed E-state index contributed by atoms with van der Waals surface area (Å²) in [6, 6.07) is 19.4. The Kier molecular flexibility index (Phi) is 6.03. The lowest BCUT2D eigenvalue weighted by molar-refractivity contribution is 0.567. The van der Waals surface area contributed by atoms with Gasteiger partial charge in [-0.15, -0.1) is 0 Å². The molecule has 0 radical (unpaired) electrons. The fraction of sp³-hybridized carbons (Fsp3) is 0.174. The molecule has 0 saturated heterocycles. The largest absolute Gasteiger partial charge is 0.308 e. The van der Waals surface area contributed by atoms with Crippen molar-refractivity contribution in [2.24, 2.45) is 0 Å². The molecule has 3 aromatic carbocycles. The molecule has 4 rings (SSSR count). The normalized spacial score (nSPS) is 12.9. The number of hydrogen-bond acceptors (Lipinski definition) is 4. The molecule has 1 aromatic heterocycles. The molecule has 31 heavy (non-hydrogen) atoms. The van der Waals surface area contributed by atoms with Crippen molar-refractivity contribution in [3.05, 3.63) is 98.1 Å². The third kappa shape index (κ3) is 4.75.